The van der Waals surface area contributed by atoms with Crippen LogP contribution in [0.2, 0.25) is 0 Å². The fraction of sp³-hybridized carbons (Fsp3) is 0.250. The van der Waals surface area contributed by atoms with Crippen molar-refractivity contribution in [2.75, 3.05) is 0 Å². The summed E-state index contributed by atoms with van der Waals surface area (Å²) in [6.45, 7) is 4.29. The zero-order chi connectivity index (χ0) is 12.4. The second-order valence-electron chi connectivity index (χ2n) is 3.75. The van der Waals surface area contributed by atoms with E-state index in [1.54, 1.807) is 0 Å². The monoisotopic (exact) mass is 313 g/mol. The van der Waals surface area contributed by atoms with Crippen molar-refractivity contribution in [3.63, 3.8) is 0 Å². The first-order chi connectivity index (χ1) is 8.06. The molecular weight excluding hydrogens is 302 g/mol. The molecule has 0 saturated heterocycles. The molecule has 0 fully saturated rings. The van der Waals surface area contributed by atoms with Gasteiger partial charge in [0.05, 0.1) is 4.88 Å². The molecule has 0 spiro atoms. The van der Waals surface area contributed by atoms with Crippen molar-refractivity contribution < 1.29 is 9.21 Å². The SMILES string of the molecule is Cc1cc(CNC(=O)c2cc(Br)cs2)c(C)o1. The summed E-state index contributed by atoms with van der Waals surface area (Å²) in [4.78, 5) is 12.5. The Hall–Kier alpha value is -1.07. The molecule has 0 bridgehead atoms. The highest BCUT2D eigenvalue weighted by molar-refractivity contribution is 9.10. The summed E-state index contributed by atoms with van der Waals surface area (Å²) in [5.41, 5.74) is 1.02. The number of halogens is 1. The van der Waals surface area contributed by atoms with Gasteiger partial charge >= 0.3 is 0 Å². The minimum atomic E-state index is -0.0565. The summed E-state index contributed by atoms with van der Waals surface area (Å²) in [5, 5.41) is 4.76. The van der Waals surface area contributed by atoms with Crippen molar-refractivity contribution in [3.05, 3.63) is 43.9 Å². The van der Waals surface area contributed by atoms with E-state index in [0.717, 1.165) is 21.6 Å². The van der Waals surface area contributed by atoms with E-state index in [0.29, 0.717) is 11.4 Å². The number of aryl methyl sites for hydroxylation is 2. The fourth-order valence-corrected chi connectivity index (χ4v) is 2.90. The van der Waals surface area contributed by atoms with E-state index in [9.17, 15) is 4.79 Å². The van der Waals surface area contributed by atoms with Crippen LogP contribution in [0.5, 0.6) is 0 Å². The maximum atomic E-state index is 11.8. The maximum absolute atomic E-state index is 11.8. The van der Waals surface area contributed by atoms with Crippen molar-refractivity contribution in [3.8, 4) is 0 Å². The zero-order valence-corrected chi connectivity index (χ0v) is 11.9. The van der Waals surface area contributed by atoms with Crippen LogP contribution in [0.1, 0.15) is 26.8 Å². The number of hydrogen-bond donors (Lipinski definition) is 1. The Morgan fingerprint density at radius 2 is 2.24 bits per heavy atom. The molecule has 2 heterocycles. The van der Waals surface area contributed by atoms with Crippen molar-refractivity contribution in [1.82, 2.24) is 5.32 Å². The van der Waals surface area contributed by atoms with Crippen LogP contribution in [-0.2, 0) is 6.54 Å². The number of hydrogen-bond acceptors (Lipinski definition) is 3. The van der Waals surface area contributed by atoms with Gasteiger partial charge in [0.25, 0.3) is 5.91 Å². The molecule has 17 heavy (non-hydrogen) atoms. The molecule has 0 aliphatic rings. The van der Waals surface area contributed by atoms with Gasteiger partial charge in [-0.05, 0) is 41.9 Å². The quantitative estimate of drug-likeness (QED) is 0.939. The first kappa shape index (κ1) is 12.4. The van der Waals surface area contributed by atoms with E-state index in [2.05, 4.69) is 21.2 Å². The number of carbonyl (C=O) groups excluding carboxylic acids is 1. The van der Waals surface area contributed by atoms with Crippen molar-refractivity contribution >= 4 is 33.2 Å². The van der Waals surface area contributed by atoms with Crippen molar-refractivity contribution in [2.45, 2.75) is 20.4 Å². The molecular formula is C12H12BrNO2S. The Morgan fingerprint density at radius 1 is 1.47 bits per heavy atom. The van der Waals surface area contributed by atoms with Gasteiger partial charge in [-0.1, -0.05) is 0 Å². The highest BCUT2D eigenvalue weighted by Gasteiger charge is 2.10. The third kappa shape index (κ3) is 2.98. The van der Waals surface area contributed by atoms with E-state index in [1.807, 2.05) is 31.4 Å². The van der Waals surface area contributed by atoms with Gasteiger partial charge in [-0.25, -0.2) is 0 Å². The molecule has 5 heteroatoms. The molecule has 0 aliphatic heterocycles. The Labute approximate surface area is 112 Å². The normalized spacial score (nSPS) is 10.5. The van der Waals surface area contributed by atoms with Gasteiger partial charge in [0.15, 0.2) is 0 Å². The Morgan fingerprint density at radius 3 is 2.76 bits per heavy atom. The molecule has 0 saturated carbocycles. The largest absolute Gasteiger partial charge is 0.466 e. The van der Waals surface area contributed by atoms with Gasteiger partial charge in [-0.2, -0.15) is 0 Å². The van der Waals surface area contributed by atoms with E-state index in [-0.39, 0.29) is 5.91 Å². The van der Waals surface area contributed by atoms with Crippen LogP contribution in [0.25, 0.3) is 0 Å². The average molecular weight is 314 g/mol. The molecule has 0 radical (unpaired) electrons. The molecule has 2 aromatic rings. The van der Waals surface area contributed by atoms with Crippen LogP contribution < -0.4 is 5.32 Å². The summed E-state index contributed by atoms with van der Waals surface area (Å²) in [5.74, 6) is 1.67. The van der Waals surface area contributed by atoms with Gasteiger partial charge in [0, 0.05) is 22.0 Å². The highest BCUT2D eigenvalue weighted by Crippen LogP contribution is 2.20. The van der Waals surface area contributed by atoms with E-state index >= 15 is 0 Å². The van der Waals surface area contributed by atoms with Gasteiger partial charge in [0.2, 0.25) is 0 Å². The average Bonchev–Trinajstić information content (AvgIpc) is 2.82. The first-order valence-corrected chi connectivity index (χ1v) is 6.81. The van der Waals surface area contributed by atoms with Crippen LogP contribution in [0.3, 0.4) is 0 Å². The highest BCUT2D eigenvalue weighted by atomic mass is 79.9. The van der Waals surface area contributed by atoms with Crippen LogP contribution in [0, 0.1) is 13.8 Å². The summed E-state index contributed by atoms with van der Waals surface area (Å²) in [7, 11) is 0. The lowest BCUT2D eigenvalue weighted by Crippen LogP contribution is -2.21. The van der Waals surface area contributed by atoms with Crippen LogP contribution in [0.15, 0.2) is 26.4 Å². The third-order valence-electron chi connectivity index (χ3n) is 2.37. The van der Waals surface area contributed by atoms with Crippen molar-refractivity contribution in [2.24, 2.45) is 0 Å². The molecule has 2 aromatic heterocycles. The first-order valence-electron chi connectivity index (χ1n) is 5.14. The molecule has 3 nitrogen and oxygen atoms in total. The lowest BCUT2D eigenvalue weighted by molar-refractivity contribution is 0.0955. The Kier molecular flexibility index (Phi) is 3.69. The van der Waals surface area contributed by atoms with Gasteiger partial charge in [-0.15, -0.1) is 11.3 Å². The topological polar surface area (TPSA) is 42.2 Å². The predicted octanol–water partition coefficient (Wildman–Crippen LogP) is 3.65. The zero-order valence-electron chi connectivity index (χ0n) is 9.54. The van der Waals surface area contributed by atoms with Gasteiger partial charge in [-0.3, -0.25) is 4.79 Å². The Bertz CT molecular complexity index is 544. The molecule has 90 valence electrons. The minimum Gasteiger partial charge on any atom is -0.466 e. The predicted molar refractivity (Wildman–Crippen MR) is 71.4 cm³/mol. The molecule has 0 unspecified atom stereocenters. The van der Waals surface area contributed by atoms with Crippen molar-refractivity contribution in [1.29, 1.82) is 0 Å². The molecule has 1 amide bonds. The van der Waals surface area contributed by atoms with E-state index in [4.69, 9.17) is 4.42 Å². The molecule has 1 N–H and O–H groups in total. The number of amides is 1. The lowest BCUT2D eigenvalue weighted by Gasteiger charge is -2.01. The molecule has 0 aromatic carbocycles. The number of furan rings is 1. The minimum absolute atomic E-state index is 0.0565. The molecule has 2 rings (SSSR count). The number of rotatable bonds is 3. The summed E-state index contributed by atoms with van der Waals surface area (Å²) < 4.78 is 6.33. The van der Waals surface area contributed by atoms with E-state index < -0.39 is 0 Å². The number of carbonyl (C=O) groups is 1. The maximum Gasteiger partial charge on any atom is 0.261 e. The summed E-state index contributed by atoms with van der Waals surface area (Å²) in [6.07, 6.45) is 0. The van der Waals surface area contributed by atoms with Gasteiger partial charge < -0.3 is 9.73 Å². The number of thiophene rings is 1. The van der Waals surface area contributed by atoms with E-state index in [1.165, 1.54) is 11.3 Å². The third-order valence-corrected chi connectivity index (χ3v) is 4.06. The smallest absolute Gasteiger partial charge is 0.261 e. The number of nitrogens with one attached hydrogen (secondary N) is 1. The standard InChI is InChI=1S/C12H12BrNO2S/c1-7-3-9(8(2)16-7)5-14-12(15)11-4-10(13)6-17-11/h3-4,6H,5H2,1-2H3,(H,14,15). The van der Waals surface area contributed by atoms with Crippen LogP contribution in [0.4, 0.5) is 0 Å². The lowest BCUT2D eigenvalue weighted by atomic mass is 10.2. The summed E-state index contributed by atoms with van der Waals surface area (Å²) in [6, 6.07) is 3.76. The summed E-state index contributed by atoms with van der Waals surface area (Å²) >= 11 is 4.75. The van der Waals surface area contributed by atoms with Gasteiger partial charge in [0.1, 0.15) is 11.5 Å². The second kappa shape index (κ2) is 5.06. The van der Waals surface area contributed by atoms with Crippen LogP contribution >= 0.6 is 27.3 Å². The molecule has 0 aliphatic carbocycles. The second-order valence-corrected chi connectivity index (χ2v) is 5.58. The van der Waals surface area contributed by atoms with Crippen LogP contribution in [-0.4, -0.2) is 5.91 Å². The Balaban J connectivity index is 1.99. The molecule has 0 atom stereocenters. The fourth-order valence-electron chi connectivity index (χ4n) is 1.55.